The van der Waals surface area contributed by atoms with E-state index in [0.29, 0.717) is 0 Å². The van der Waals surface area contributed by atoms with Crippen molar-refractivity contribution in [1.82, 2.24) is 4.40 Å². The Morgan fingerprint density at radius 1 is 0.462 bits per heavy atom. The van der Waals surface area contributed by atoms with Crippen molar-refractivity contribution < 1.29 is 0 Å². The second-order valence-corrected chi connectivity index (χ2v) is 30.0. The van der Waals surface area contributed by atoms with Gasteiger partial charge in [0.15, 0.2) is 0 Å². The molecule has 3 aliphatic rings. The predicted octanol–water partition coefficient (Wildman–Crippen LogP) is 18.9. The van der Waals surface area contributed by atoms with E-state index in [1.54, 1.807) is 0 Å². The van der Waals surface area contributed by atoms with Gasteiger partial charge >= 0.3 is 0 Å². The number of nitrogens with zero attached hydrogens (tertiary/aromatic N) is 3. The number of hydrogen-bond acceptors (Lipinski definition) is 3. The molecule has 0 saturated heterocycles. The molecule has 5 heterocycles. The maximum atomic E-state index is 2.79. The van der Waals surface area contributed by atoms with Crippen LogP contribution in [-0.2, 0) is 32.5 Å². The van der Waals surface area contributed by atoms with Crippen LogP contribution in [0.25, 0.3) is 59.3 Å². The van der Waals surface area contributed by atoms with Crippen LogP contribution in [0.3, 0.4) is 0 Å². The number of thiophene rings is 1. The average molecular weight is 1040 g/mol. The Hall–Kier alpha value is -6.82. The molecular weight excluding hydrogens is 962 g/mol. The van der Waals surface area contributed by atoms with Crippen LogP contribution in [0.2, 0.25) is 0 Å². The molecule has 3 aromatic heterocycles. The van der Waals surface area contributed by atoms with E-state index in [2.05, 4.69) is 271 Å². The van der Waals surface area contributed by atoms with E-state index >= 15 is 0 Å². The highest BCUT2D eigenvalue weighted by Crippen LogP contribution is 2.59. The maximum Gasteiger partial charge on any atom is 0.264 e. The van der Waals surface area contributed by atoms with Crippen LogP contribution in [0, 0.1) is 0 Å². The fourth-order valence-corrected chi connectivity index (χ4v) is 15.9. The van der Waals surface area contributed by atoms with Crippen molar-refractivity contribution in [2.75, 3.05) is 9.80 Å². The van der Waals surface area contributed by atoms with E-state index in [9.17, 15) is 0 Å². The minimum absolute atomic E-state index is 0.00506. The van der Waals surface area contributed by atoms with E-state index in [1.165, 1.54) is 143 Å². The molecule has 2 aliphatic heterocycles. The minimum Gasteiger partial charge on any atom is -0.310 e. The zero-order valence-corrected chi connectivity index (χ0v) is 49.7. The second kappa shape index (κ2) is 15.9. The zero-order valence-electron chi connectivity index (χ0n) is 48.9. The molecule has 3 nitrogen and oxygen atoms in total. The van der Waals surface area contributed by atoms with Crippen molar-refractivity contribution in [1.29, 1.82) is 0 Å². The highest BCUT2D eigenvalue weighted by atomic mass is 32.1. The first-order valence-electron chi connectivity index (χ1n) is 28.7. The second-order valence-electron chi connectivity index (χ2n) is 29.0. The predicted molar refractivity (Wildman–Crippen MR) is 341 cm³/mol. The van der Waals surface area contributed by atoms with E-state index in [4.69, 9.17) is 0 Å². The SMILES string of the molecule is CC(C)(C)c1ccc(-c2cc(C(C)(C)C)ccc2N2c3ccc(C(C)(C)C)cc3B3c4sc5ccc(C(C)(C)C)cc5c4N(c4ccc5c(c4)C(C)(C)CC5(C)C)c4c3c2c2c3ccccc3n3c5ccccc5c4c23)cc1. The van der Waals surface area contributed by atoms with Gasteiger partial charge in [-0.25, -0.2) is 0 Å². The van der Waals surface area contributed by atoms with Crippen molar-refractivity contribution in [3.63, 3.8) is 0 Å². The fourth-order valence-electron chi connectivity index (χ4n) is 14.6. The number of rotatable bonds is 3. The van der Waals surface area contributed by atoms with Crippen LogP contribution >= 0.6 is 11.3 Å². The normalized spacial score (nSPS) is 16.0. The van der Waals surface area contributed by atoms with Crippen molar-refractivity contribution in [2.24, 2.45) is 0 Å². The van der Waals surface area contributed by atoms with Gasteiger partial charge in [0.2, 0.25) is 0 Å². The quantitative estimate of drug-likeness (QED) is 0.163. The molecule has 8 aromatic carbocycles. The first kappa shape index (κ1) is 49.5. The molecule has 0 amide bonds. The van der Waals surface area contributed by atoms with Gasteiger partial charge in [0.25, 0.3) is 6.71 Å². The van der Waals surface area contributed by atoms with Gasteiger partial charge in [-0.3, -0.25) is 0 Å². The first-order chi connectivity index (χ1) is 36.7. The van der Waals surface area contributed by atoms with Gasteiger partial charge in [-0.05, 0) is 143 Å². The number of benzene rings is 8. The fraction of sp³-hybridized carbons (Fsp3) is 0.315. The highest BCUT2D eigenvalue weighted by Gasteiger charge is 2.50. The van der Waals surface area contributed by atoms with Crippen molar-refractivity contribution in [3.8, 4) is 11.1 Å². The number of hydrogen-bond donors (Lipinski definition) is 0. The molecule has 0 bridgehead atoms. The lowest BCUT2D eigenvalue weighted by atomic mass is 9.35. The van der Waals surface area contributed by atoms with Crippen LogP contribution in [0.4, 0.5) is 34.1 Å². The van der Waals surface area contributed by atoms with Crippen molar-refractivity contribution in [2.45, 2.75) is 150 Å². The minimum atomic E-state index is -0.0853. The molecule has 78 heavy (non-hydrogen) atoms. The Bertz CT molecular complexity index is 4340. The lowest BCUT2D eigenvalue weighted by Gasteiger charge is -2.45. The number of para-hydroxylation sites is 2. The molecule has 0 spiro atoms. The molecule has 14 rings (SSSR count). The summed E-state index contributed by atoms with van der Waals surface area (Å²) in [5, 5.41) is 6.56. The van der Waals surface area contributed by atoms with Crippen molar-refractivity contribution in [3.05, 3.63) is 179 Å². The standard InChI is InChI=1S/C73H74BN3S/c1-68(2,3)43-27-25-42(26-28-43)50-37-44(69(4,5)6)29-34-57(50)77-58-35-30-46(71(10,11)12)39-54(58)74-62-65(60-48-21-17-19-23-55(48)76-56-24-20-18-22-49(56)61(64(60)76)66(62)77)75(47-32-33-52-53(40-47)73(15,16)41-72(52,13)14)63-51-38-45(70(7,8)9)31-36-59(51)78-67(63)74/h17-40H,41H2,1-16H3. The molecule has 0 saturated carbocycles. The highest BCUT2D eigenvalue weighted by molar-refractivity contribution is 7.33. The van der Waals surface area contributed by atoms with Crippen LogP contribution in [0.15, 0.2) is 146 Å². The summed E-state index contributed by atoms with van der Waals surface area (Å²) in [4.78, 5) is 5.54. The molecule has 0 N–H and O–H groups in total. The van der Waals surface area contributed by atoms with E-state index in [-0.39, 0.29) is 39.2 Å². The first-order valence-corrected chi connectivity index (χ1v) is 29.5. The molecule has 5 heteroatoms. The summed E-state index contributed by atoms with van der Waals surface area (Å²) in [5.74, 6) is 0. The lowest BCUT2D eigenvalue weighted by Crippen LogP contribution is -2.60. The third kappa shape index (κ3) is 6.95. The molecule has 390 valence electrons. The van der Waals surface area contributed by atoms with E-state index < -0.39 is 0 Å². The third-order valence-electron chi connectivity index (χ3n) is 18.5. The third-order valence-corrected chi connectivity index (χ3v) is 19.7. The Morgan fingerprint density at radius 2 is 0.987 bits per heavy atom. The number of aromatic nitrogens is 1. The topological polar surface area (TPSA) is 10.9 Å². The Kier molecular flexibility index (Phi) is 10.1. The smallest absolute Gasteiger partial charge is 0.264 e. The summed E-state index contributed by atoms with van der Waals surface area (Å²) in [6, 6.07) is 58.0. The largest absolute Gasteiger partial charge is 0.310 e. The Labute approximate surface area is 467 Å². The van der Waals surface area contributed by atoms with Crippen LogP contribution in [0.1, 0.15) is 151 Å². The Balaban J connectivity index is 1.22. The number of fused-ring (bicyclic) bond motifs is 15. The maximum absolute atomic E-state index is 2.79. The summed E-state index contributed by atoms with van der Waals surface area (Å²) in [6.45, 7) is 38.0. The van der Waals surface area contributed by atoms with E-state index in [1.807, 2.05) is 11.3 Å². The van der Waals surface area contributed by atoms with Crippen LogP contribution < -0.4 is 25.5 Å². The van der Waals surface area contributed by atoms with Gasteiger partial charge in [-0.2, -0.15) is 0 Å². The monoisotopic (exact) mass is 1040 g/mol. The molecule has 0 unspecified atom stereocenters. The number of anilines is 6. The van der Waals surface area contributed by atoms with Crippen LogP contribution in [-0.4, -0.2) is 11.1 Å². The van der Waals surface area contributed by atoms with Gasteiger partial charge in [0, 0.05) is 53.3 Å². The molecule has 0 atom stereocenters. The summed E-state index contributed by atoms with van der Waals surface area (Å²) < 4.78 is 5.37. The summed E-state index contributed by atoms with van der Waals surface area (Å²) in [7, 11) is 0. The van der Waals surface area contributed by atoms with Gasteiger partial charge in [-0.1, -0.05) is 202 Å². The molecule has 11 aromatic rings. The van der Waals surface area contributed by atoms with E-state index in [0.717, 1.165) is 6.42 Å². The molecule has 1 aliphatic carbocycles. The molecule has 0 fully saturated rings. The molecular formula is C73H74BN3S. The van der Waals surface area contributed by atoms with Gasteiger partial charge in [0.1, 0.15) is 0 Å². The van der Waals surface area contributed by atoms with Gasteiger partial charge < -0.3 is 14.2 Å². The van der Waals surface area contributed by atoms with Gasteiger partial charge in [0.05, 0.1) is 39.3 Å². The zero-order chi connectivity index (χ0) is 54.7. The van der Waals surface area contributed by atoms with Crippen LogP contribution in [0.5, 0.6) is 0 Å². The lowest BCUT2D eigenvalue weighted by molar-refractivity contribution is 0.403. The van der Waals surface area contributed by atoms with Gasteiger partial charge in [-0.15, -0.1) is 11.3 Å². The summed E-state index contributed by atoms with van der Waals surface area (Å²) in [5.41, 5.74) is 24.8. The van der Waals surface area contributed by atoms with Crippen molar-refractivity contribution >= 4 is 116 Å². The summed E-state index contributed by atoms with van der Waals surface area (Å²) in [6.07, 6.45) is 1.11. The Morgan fingerprint density at radius 3 is 1.60 bits per heavy atom. The average Bonchev–Trinajstić information content (AvgIpc) is 2.20. The molecule has 0 radical (unpaired) electrons. The summed E-state index contributed by atoms with van der Waals surface area (Å²) >= 11 is 2.02.